The molecule has 0 atom stereocenters. The summed E-state index contributed by atoms with van der Waals surface area (Å²) < 4.78 is 0. The first-order valence-corrected chi connectivity index (χ1v) is 5.92. The quantitative estimate of drug-likeness (QED) is 0.800. The standard InChI is InChI=1S/C15H16N2/c1-16-15-11-7-3-5-9-13(11)17(2)14-10-6-4-8-12(14)15/h3-10,15-16H,1-2H3. The summed E-state index contributed by atoms with van der Waals surface area (Å²) in [6.07, 6.45) is 0. The largest absolute Gasteiger partial charge is 0.344 e. The SMILES string of the molecule is CNC1c2ccccc2N(C)c2ccccc21. The highest BCUT2D eigenvalue weighted by Crippen LogP contribution is 2.42. The maximum Gasteiger partial charge on any atom is 0.0615 e. The molecule has 2 aromatic carbocycles. The van der Waals surface area contributed by atoms with Crippen LogP contribution in [0, 0.1) is 0 Å². The summed E-state index contributed by atoms with van der Waals surface area (Å²) in [7, 11) is 4.15. The van der Waals surface area contributed by atoms with Gasteiger partial charge in [0.05, 0.1) is 6.04 Å². The number of benzene rings is 2. The van der Waals surface area contributed by atoms with Gasteiger partial charge >= 0.3 is 0 Å². The molecule has 1 heterocycles. The maximum atomic E-state index is 3.41. The lowest BCUT2D eigenvalue weighted by molar-refractivity contribution is 0.681. The van der Waals surface area contributed by atoms with Gasteiger partial charge in [-0.15, -0.1) is 0 Å². The highest BCUT2D eigenvalue weighted by Gasteiger charge is 2.26. The molecule has 1 aliphatic rings. The summed E-state index contributed by atoms with van der Waals surface area (Å²) in [4.78, 5) is 2.26. The van der Waals surface area contributed by atoms with Crippen molar-refractivity contribution in [2.75, 3.05) is 19.0 Å². The highest BCUT2D eigenvalue weighted by atomic mass is 15.1. The zero-order valence-electron chi connectivity index (χ0n) is 10.1. The van der Waals surface area contributed by atoms with Crippen molar-refractivity contribution in [3.05, 3.63) is 59.7 Å². The van der Waals surface area contributed by atoms with Crippen LogP contribution in [0.5, 0.6) is 0 Å². The molecule has 0 saturated carbocycles. The second-order valence-corrected chi connectivity index (χ2v) is 4.40. The van der Waals surface area contributed by atoms with Crippen LogP contribution in [0.3, 0.4) is 0 Å². The van der Waals surface area contributed by atoms with Gasteiger partial charge in [-0.2, -0.15) is 0 Å². The maximum absolute atomic E-state index is 3.41. The molecule has 0 fully saturated rings. The fraction of sp³-hybridized carbons (Fsp3) is 0.200. The third kappa shape index (κ3) is 1.45. The third-order valence-corrected chi connectivity index (χ3v) is 3.51. The Labute approximate surface area is 102 Å². The van der Waals surface area contributed by atoms with E-state index >= 15 is 0 Å². The first-order chi connectivity index (χ1) is 8.33. The molecule has 0 amide bonds. The minimum absolute atomic E-state index is 0.290. The van der Waals surface area contributed by atoms with Gasteiger partial charge in [-0.3, -0.25) is 0 Å². The molecular weight excluding hydrogens is 208 g/mol. The molecule has 1 N–H and O–H groups in total. The average molecular weight is 224 g/mol. The predicted molar refractivity (Wildman–Crippen MR) is 71.8 cm³/mol. The van der Waals surface area contributed by atoms with Crippen LogP contribution >= 0.6 is 0 Å². The van der Waals surface area contributed by atoms with Crippen molar-refractivity contribution in [2.24, 2.45) is 0 Å². The Morgan fingerprint density at radius 1 is 0.882 bits per heavy atom. The molecule has 1 aliphatic heterocycles. The van der Waals surface area contributed by atoms with Crippen molar-refractivity contribution in [3.63, 3.8) is 0 Å². The number of para-hydroxylation sites is 2. The minimum atomic E-state index is 0.290. The lowest BCUT2D eigenvalue weighted by Gasteiger charge is -2.35. The summed E-state index contributed by atoms with van der Waals surface area (Å²) in [6.45, 7) is 0. The van der Waals surface area contributed by atoms with E-state index in [0.717, 1.165) is 0 Å². The number of hydrogen-bond acceptors (Lipinski definition) is 2. The van der Waals surface area contributed by atoms with E-state index in [1.165, 1.54) is 22.5 Å². The Hall–Kier alpha value is -1.80. The summed E-state index contributed by atoms with van der Waals surface area (Å²) in [5, 5.41) is 3.41. The lowest BCUT2D eigenvalue weighted by Crippen LogP contribution is -2.27. The zero-order chi connectivity index (χ0) is 11.8. The van der Waals surface area contributed by atoms with E-state index in [-0.39, 0.29) is 0 Å². The highest BCUT2D eigenvalue weighted by molar-refractivity contribution is 5.75. The van der Waals surface area contributed by atoms with E-state index in [1.807, 2.05) is 7.05 Å². The molecule has 86 valence electrons. The van der Waals surface area contributed by atoms with Crippen LogP contribution < -0.4 is 10.2 Å². The third-order valence-electron chi connectivity index (χ3n) is 3.51. The number of hydrogen-bond donors (Lipinski definition) is 1. The Morgan fingerprint density at radius 2 is 1.35 bits per heavy atom. The van der Waals surface area contributed by atoms with Gasteiger partial charge in [0.25, 0.3) is 0 Å². The van der Waals surface area contributed by atoms with Gasteiger partial charge in [-0.05, 0) is 30.3 Å². The number of anilines is 2. The molecular formula is C15H16N2. The van der Waals surface area contributed by atoms with E-state index in [1.54, 1.807) is 0 Å². The lowest BCUT2D eigenvalue weighted by atomic mass is 9.91. The summed E-state index contributed by atoms with van der Waals surface area (Å²) in [6, 6.07) is 17.4. The first kappa shape index (κ1) is 10.4. The minimum Gasteiger partial charge on any atom is -0.344 e. The van der Waals surface area contributed by atoms with Gasteiger partial charge in [0.1, 0.15) is 0 Å². The first-order valence-electron chi connectivity index (χ1n) is 5.92. The average Bonchev–Trinajstić information content (AvgIpc) is 2.40. The predicted octanol–water partition coefficient (Wildman–Crippen LogP) is 3.08. The Bertz CT molecular complexity index is 501. The number of nitrogens with zero attached hydrogens (tertiary/aromatic N) is 1. The van der Waals surface area contributed by atoms with Gasteiger partial charge in [0.2, 0.25) is 0 Å². The topological polar surface area (TPSA) is 15.3 Å². The van der Waals surface area contributed by atoms with Crippen molar-refractivity contribution in [3.8, 4) is 0 Å². The van der Waals surface area contributed by atoms with E-state index in [4.69, 9.17) is 0 Å². The van der Waals surface area contributed by atoms with Crippen molar-refractivity contribution in [1.29, 1.82) is 0 Å². The van der Waals surface area contributed by atoms with Gasteiger partial charge < -0.3 is 10.2 Å². The molecule has 0 aromatic heterocycles. The molecule has 0 unspecified atom stereocenters. The molecule has 2 aromatic rings. The zero-order valence-corrected chi connectivity index (χ0v) is 10.1. The van der Waals surface area contributed by atoms with E-state index in [9.17, 15) is 0 Å². The van der Waals surface area contributed by atoms with Gasteiger partial charge in [-0.1, -0.05) is 36.4 Å². The van der Waals surface area contributed by atoms with E-state index in [0.29, 0.717) is 6.04 Å². The van der Waals surface area contributed by atoms with Crippen LogP contribution in [-0.4, -0.2) is 14.1 Å². The molecule has 2 nitrogen and oxygen atoms in total. The summed E-state index contributed by atoms with van der Waals surface area (Å²) >= 11 is 0. The Kier molecular flexibility index (Phi) is 2.37. The van der Waals surface area contributed by atoms with Crippen LogP contribution in [0.2, 0.25) is 0 Å². The normalized spacial score (nSPS) is 14.4. The molecule has 17 heavy (non-hydrogen) atoms. The molecule has 0 radical (unpaired) electrons. The second-order valence-electron chi connectivity index (χ2n) is 4.40. The number of nitrogens with one attached hydrogen (secondary N) is 1. The van der Waals surface area contributed by atoms with Crippen LogP contribution in [0.15, 0.2) is 48.5 Å². The smallest absolute Gasteiger partial charge is 0.0615 e. The van der Waals surface area contributed by atoms with Crippen molar-refractivity contribution in [1.82, 2.24) is 5.32 Å². The monoisotopic (exact) mass is 224 g/mol. The fourth-order valence-electron chi connectivity index (χ4n) is 2.68. The van der Waals surface area contributed by atoms with Crippen molar-refractivity contribution >= 4 is 11.4 Å². The molecule has 2 heteroatoms. The van der Waals surface area contributed by atoms with Crippen molar-refractivity contribution in [2.45, 2.75) is 6.04 Å². The van der Waals surface area contributed by atoms with Crippen LogP contribution in [0.4, 0.5) is 11.4 Å². The fourth-order valence-corrected chi connectivity index (χ4v) is 2.68. The van der Waals surface area contributed by atoms with Gasteiger partial charge in [-0.25, -0.2) is 0 Å². The summed E-state index contributed by atoms with van der Waals surface area (Å²) in [5.41, 5.74) is 5.25. The molecule has 0 spiro atoms. The number of fused-ring (bicyclic) bond motifs is 2. The Morgan fingerprint density at radius 3 is 1.82 bits per heavy atom. The molecule has 0 bridgehead atoms. The van der Waals surface area contributed by atoms with Crippen LogP contribution in [-0.2, 0) is 0 Å². The molecule has 0 aliphatic carbocycles. The molecule has 0 saturated heterocycles. The van der Waals surface area contributed by atoms with Gasteiger partial charge in [0.15, 0.2) is 0 Å². The molecule has 3 rings (SSSR count). The Balaban J connectivity index is 2.25. The van der Waals surface area contributed by atoms with Crippen LogP contribution in [0.1, 0.15) is 17.2 Å². The van der Waals surface area contributed by atoms with Crippen LogP contribution in [0.25, 0.3) is 0 Å². The number of rotatable bonds is 1. The van der Waals surface area contributed by atoms with Crippen molar-refractivity contribution < 1.29 is 0 Å². The van der Waals surface area contributed by atoms with E-state index in [2.05, 4.69) is 65.8 Å². The second kappa shape index (κ2) is 3.90. The van der Waals surface area contributed by atoms with E-state index < -0.39 is 0 Å². The summed E-state index contributed by atoms with van der Waals surface area (Å²) in [5.74, 6) is 0. The van der Waals surface area contributed by atoms with Gasteiger partial charge in [0, 0.05) is 18.4 Å².